The molecule has 2 heterocycles. The summed E-state index contributed by atoms with van der Waals surface area (Å²) < 4.78 is 13.7. The fourth-order valence-corrected chi connectivity index (χ4v) is 4.41. The quantitative estimate of drug-likeness (QED) is 0.780. The monoisotopic (exact) mass is 410 g/mol. The van der Waals surface area contributed by atoms with E-state index in [1.54, 1.807) is 17.0 Å². The van der Waals surface area contributed by atoms with E-state index in [-0.39, 0.29) is 29.7 Å². The van der Waals surface area contributed by atoms with E-state index in [9.17, 15) is 14.0 Å². The predicted octanol–water partition coefficient (Wildman–Crippen LogP) is 2.46. The van der Waals surface area contributed by atoms with Gasteiger partial charge in [-0.3, -0.25) is 14.5 Å². The summed E-state index contributed by atoms with van der Waals surface area (Å²) in [6.07, 6.45) is 0.766. The Morgan fingerprint density at radius 3 is 2.60 bits per heavy atom. The average molecular weight is 410 g/mol. The molecule has 2 fully saturated rings. The Balaban J connectivity index is 1.56. The Kier molecular flexibility index (Phi) is 5.24. The van der Waals surface area contributed by atoms with Crippen LogP contribution in [-0.2, 0) is 4.79 Å². The summed E-state index contributed by atoms with van der Waals surface area (Å²) in [5.74, 6) is -0.423. The number of carbonyl (C=O) groups excluding carboxylic acids is 2. The third-order valence-electron chi connectivity index (χ3n) is 6.28. The van der Waals surface area contributed by atoms with Crippen molar-refractivity contribution in [3.8, 4) is 0 Å². The van der Waals surface area contributed by atoms with Gasteiger partial charge in [-0.25, -0.2) is 4.39 Å². The van der Waals surface area contributed by atoms with Gasteiger partial charge in [-0.1, -0.05) is 12.1 Å². The van der Waals surface area contributed by atoms with Crippen LogP contribution in [-0.4, -0.2) is 74.5 Å². The number of nitrogens with zero attached hydrogens (tertiary/aromatic N) is 4. The molecule has 2 aromatic rings. The highest BCUT2D eigenvalue weighted by molar-refractivity contribution is 5.97. The molecule has 6 nitrogen and oxygen atoms in total. The molecule has 2 aromatic carbocycles. The van der Waals surface area contributed by atoms with Crippen LogP contribution in [0, 0.1) is 5.82 Å². The lowest BCUT2D eigenvalue weighted by Crippen LogP contribution is -2.64. The first-order valence-corrected chi connectivity index (χ1v) is 10.1. The standard InChI is InChI=1S/C23H27FN4O2/c1-25(2)19-8-4-6-17(12-19)22(30)27-11-10-23(15-27)16-28(21(29)14-26(23)3)20-9-5-7-18(24)13-20/h4-9,12-13H,10-11,14-16H2,1-3H3. The maximum absolute atomic E-state index is 13.7. The molecule has 2 aliphatic rings. The number of amides is 2. The Hall–Kier alpha value is -2.93. The number of carbonyl (C=O) groups is 2. The highest BCUT2D eigenvalue weighted by atomic mass is 19.1. The number of benzene rings is 2. The molecule has 0 N–H and O–H groups in total. The van der Waals surface area contributed by atoms with Crippen LogP contribution in [0.25, 0.3) is 0 Å². The summed E-state index contributed by atoms with van der Waals surface area (Å²) in [4.78, 5) is 33.4. The van der Waals surface area contributed by atoms with Gasteiger partial charge in [0.1, 0.15) is 5.82 Å². The fraction of sp³-hybridized carbons (Fsp3) is 0.391. The van der Waals surface area contributed by atoms with E-state index in [0.29, 0.717) is 30.9 Å². The van der Waals surface area contributed by atoms with Crippen LogP contribution in [0.1, 0.15) is 16.8 Å². The third kappa shape index (κ3) is 3.65. The fourth-order valence-electron chi connectivity index (χ4n) is 4.41. The molecular formula is C23H27FN4O2. The van der Waals surface area contributed by atoms with Crippen LogP contribution in [0.5, 0.6) is 0 Å². The van der Waals surface area contributed by atoms with Crippen molar-refractivity contribution >= 4 is 23.2 Å². The lowest BCUT2D eigenvalue weighted by molar-refractivity contribution is -0.123. The van der Waals surface area contributed by atoms with Crippen molar-refractivity contribution in [1.29, 1.82) is 0 Å². The van der Waals surface area contributed by atoms with Gasteiger partial charge in [-0.2, -0.15) is 0 Å². The second-order valence-electron chi connectivity index (χ2n) is 8.46. The number of halogens is 1. The minimum atomic E-state index is -0.364. The molecule has 2 saturated heterocycles. The summed E-state index contributed by atoms with van der Waals surface area (Å²) in [5, 5.41) is 0. The van der Waals surface area contributed by atoms with E-state index in [0.717, 1.165) is 12.1 Å². The first-order chi connectivity index (χ1) is 14.3. The maximum atomic E-state index is 13.7. The molecule has 4 rings (SSSR count). The van der Waals surface area contributed by atoms with Gasteiger partial charge >= 0.3 is 0 Å². The molecule has 30 heavy (non-hydrogen) atoms. The van der Waals surface area contributed by atoms with Gasteiger partial charge in [0, 0.05) is 50.7 Å². The van der Waals surface area contributed by atoms with Crippen LogP contribution >= 0.6 is 0 Å². The van der Waals surface area contributed by atoms with E-state index in [1.165, 1.54) is 12.1 Å². The molecule has 0 bridgehead atoms. The Morgan fingerprint density at radius 1 is 1.10 bits per heavy atom. The topological polar surface area (TPSA) is 47.1 Å². The van der Waals surface area contributed by atoms with Gasteiger partial charge in [0.15, 0.2) is 0 Å². The molecule has 1 spiro atoms. The summed E-state index contributed by atoms with van der Waals surface area (Å²) in [5.41, 5.74) is 1.87. The number of rotatable bonds is 3. The van der Waals surface area contributed by atoms with E-state index in [2.05, 4.69) is 4.90 Å². The zero-order valence-electron chi connectivity index (χ0n) is 17.6. The van der Waals surface area contributed by atoms with Crippen molar-refractivity contribution < 1.29 is 14.0 Å². The number of piperazine rings is 1. The first kappa shape index (κ1) is 20.3. The molecule has 7 heteroatoms. The van der Waals surface area contributed by atoms with Gasteiger partial charge in [0.2, 0.25) is 5.91 Å². The SMILES string of the molecule is CN(C)c1cccc(C(=O)N2CCC3(C2)CN(c2cccc(F)c2)C(=O)CN3C)c1. The van der Waals surface area contributed by atoms with Crippen molar-refractivity contribution in [3.63, 3.8) is 0 Å². The van der Waals surface area contributed by atoms with Crippen LogP contribution in [0.2, 0.25) is 0 Å². The number of likely N-dealkylation sites (tertiary alicyclic amines) is 1. The predicted molar refractivity (Wildman–Crippen MR) is 115 cm³/mol. The molecule has 2 amide bonds. The first-order valence-electron chi connectivity index (χ1n) is 10.1. The average Bonchev–Trinajstić information content (AvgIpc) is 3.15. The number of likely N-dealkylation sites (N-methyl/N-ethyl adjacent to an activating group) is 1. The van der Waals surface area contributed by atoms with Gasteiger partial charge in [-0.15, -0.1) is 0 Å². The van der Waals surface area contributed by atoms with Crippen LogP contribution in [0.4, 0.5) is 15.8 Å². The van der Waals surface area contributed by atoms with Gasteiger partial charge in [0.05, 0.1) is 12.1 Å². The Morgan fingerprint density at radius 2 is 1.87 bits per heavy atom. The lowest BCUT2D eigenvalue weighted by Gasteiger charge is -2.46. The molecule has 0 aliphatic carbocycles. The van der Waals surface area contributed by atoms with Crippen LogP contribution in [0.3, 0.4) is 0 Å². The van der Waals surface area contributed by atoms with Gasteiger partial charge < -0.3 is 14.7 Å². The summed E-state index contributed by atoms with van der Waals surface area (Å²) in [6.45, 7) is 1.84. The molecule has 1 atom stereocenters. The van der Waals surface area contributed by atoms with E-state index in [1.807, 2.05) is 55.2 Å². The van der Waals surface area contributed by atoms with E-state index < -0.39 is 0 Å². The molecule has 158 valence electrons. The molecule has 0 aromatic heterocycles. The van der Waals surface area contributed by atoms with Crippen molar-refractivity contribution in [2.45, 2.75) is 12.0 Å². The number of anilines is 2. The summed E-state index contributed by atoms with van der Waals surface area (Å²) >= 11 is 0. The normalized spacial score (nSPS) is 22.1. The minimum absolute atomic E-state index is 0.00168. The summed E-state index contributed by atoms with van der Waals surface area (Å²) in [7, 11) is 5.83. The minimum Gasteiger partial charge on any atom is -0.378 e. The van der Waals surface area contributed by atoms with Crippen LogP contribution < -0.4 is 9.80 Å². The molecule has 2 aliphatic heterocycles. The molecular weight excluding hydrogens is 383 g/mol. The van der Waals surface area contributed by atoms with Gasteiger partial charge in [0.25, 0.3) is 5.91 Å². The Bertz CT molecular complexity index is 979. The zero-order valence-corrected chi connectivity index (χ0v) is 17.6. The number of hydrogen-bond donors (Lipinski definition) is 0. The zero-order chi connectivity index (χ0) is 21.5. The number of hydrogen-bond acceptors (Lipinski definition) is 4. The molecule has 0 saturated carbocycles. The highest BCUT2D eigenvalue weighted by Gasteiger charge is 2.48. The second kappa shape index (κ2) is 7.72. The highest BCUT2D eigenvalue weighted by Crippen LogP contribution is 2.34. The van der Waals surface area contributed by atoms with E-state index >= 15 is 0 Å². The largest absolute Gasteiger partial charge is 0.378 e. The van der Waals surface area contributed by atoms with Gasteiger partial charge in [-0.05, 0) is 49.9 Å². The second-order valence-corrected chi connectivity index (χ2v) is 8.46. The lowest BCUT2D eigenvalue weighted by atomic mass is 9.92. The Labute approximate surface area is 176 Å². The van der Waals surface area contributed by atoms with E-state index in [4.69, 9.17) is 0 Å². The van der Waals surface area contributed by atoms with Crippen LogP contribution in [0.15, 0.2) is 48.5 Å². The van der Waals surface area contributed by atoms with Crippen molar-refractivity contribution in [2.75, 3.05) is 57.1 Å². The molecule has 0 radical (unpaired) electrons. The summed E-state index contributed by atoms with van der Waals surface area (Å²) in [6, 6.07) is 13.7. The third-order valence-corrected chi connectivity index (χ3v) is 6.28. The van der Waals surface area contributed by atoms with Crippen molar-refractivity contribution in [3.05, 3.63) is 59.9 Å². The maximum Gasteiger partial charge on any atom is 0.253 e. The molecule has 1 unspecified atom stereocenters. The van der Waals surface area contributed by atoms with Crippen molar-refractivity contribution in [1.82, 2.24) is 9.80 Å². The van der Waals surface area contributed by atoms with Crippen molar-refractivity contribution in [2.24, 2.45) is 0 Å². The smallest absolute Gasteiger partial charge is 0.253 e.